The summed E-state index contributed by atoms with van der Waals surface area (Å²) in [5.74, 6) is -1.34. The van der Waals surface area contributed by atoms with E-state index in [0.717, 1.165) is 38.5 Å². The number of carbonyl (C=O) groups is 1. The lowest BCUT2D eigenvalue weighted by Crippen LogP contribution is -2.37. The number of sulfonamides is 1. The molecule has 1 aliphatic rings. The third-order valence-corrected chi connectivity index (χ3v) is 6.14. The third-order valence-electron chi connectivity index (χ3n) is 4.07. The first-order valence-electron chi connectivity index (χ1n) is 7.12. The van der Waals surface area contributed by atoms with Crippen molar-refractivity contribution in [2.45, 2.75) is 56.4 Å². The molecule has 0 spiro atoms. The molecule has 1 aromatic heterocycles. The molecule has 2 rings (SSSR count). The van der Waals surface area contributed by atoms with Gasteiger partial charge >= 0.3 is 5.97 Å². The smallest absolute Gasteiger partial charge is 0.357 e. The molecule has 1 fully saturated rings. The monoisotopic (exact) mass is 315 g/mol. The first kappa shape index (κ1) is 16.0. The second-order valence-corrected chi connectivity index (χ2v) is 7.43. The maximum atomic E-state index is 12.8. The zero-order valence-corrected chi connectivity index (χ0v) is 13.1. The number of rotatable bonds is 4. The Hall–Kier alpha value is -1.41. The zero-order valence-electron chi connectivity index (χ0n) is 12.3. The number of carboxylic acid groups (broad SMARTS) is 1. The third kappa shape index (κ3) is 3.11. The van der Waals surface area contributed by atoms with Crippen molar-refractivity contribution in [3.63, 3.8) is 0 Å². The molecule has 2 N–H and O–H groups in total. The van der Waals surface area contributed by atoms with Crippen LogP contribution in [0.4, 0.5) is 0 Å². The van der Waals surface area contributed by atoms with E-state index in [2.05, 4.69) is 10.2 Å². The summed E-state index contributed by atoms with van der Waals surface area (Å²) in [4.78, 5) is 10.9. The van der Waals surface area contributed by atoms with E-state index in [-0.39, 0.29) is 16.6 Å². The Morgan fingerprint density at radius 2 is 1.86 bits per heavy atom. The maximum absolute atomic E-state index is 12.8. The van der Waals surface area contributed by atoms with Crippen LogP contribution >= 0.6 is 0 Å². The number of nitrogens with one attached hydrogen (secondary N) is 1. The van der Waals surface area contributed by atoms with Crippen LogP contribution in [0, 0.1) is 6.92 Å². The fourth-order valence-corrected chi connectivity index (χ4v) is 4.54. The van der Waals surface area contributed by atoms with Crippen molar-refractivity contribution in [2.75, 3.05) is 7.05 Å². The molecule has 0 atom stereocenters. The van der Waals surface area contributed by atoms with E-state index in [1.165, 1.54) is 18.3 Å². The van der Waals surface area contributed by atoms with Crippen molar-refractivity contribution in [1.82, 2.24) is 14.5 Å². The lowest BCUT2D eigenvalue weighted by Gasteiger charge is -2.26. The van der Waals surface area contributed by atoms with Crippen LogP contribution in [-0.4, -0.2) is 47.1 Å². The minimum atomic E-state index is -3.86. The van der Waals surface area contributed by atoms with E-state index in [9.17, 15) is 13.2 Å². The van der Waals surface area contributed by atoms with Crippen molar-refractivity contribution in [3.8, 4) is 0 Å². The second-order valence-electron chi connectivity index (χ2n) is 5.50. The topological polar surface area (TPSA) is 103 Å². The van der Waals surface area contributed by atoms with Crippen LogP contribution < -0.4 is 0 Å². The summed E-state index contributed by atoms with van der Waals surface area (Å²) in [6, 6.07) is -0.0755. The van der Waals surface area contributed by atoms with Gasteiger partial charge in [-0.05, 0) is 19.8 Å². The largest absolute Gasteiger partial charge is 0.476 e. The van der Waals surface area contributed by atoms with Gasteiger partial charge in [0.1, 0.15) is 4.90 Å². The Morgan fingerprint density at radius 1 is 1.29 bits per heavy atom. The molecule has 118 valence electrons. The van der Waals surface area contributed by atoms with Crippen LogP contribution in [0.15, 0.2) is 4.90 Å². The standard InChI is InChI=1S/C13H21N3O4S/c1-9-12(11(13(17)18)15-14-9)21(19,20)16(2)10-7-5-3-4-6-8-10/h10H,3-8H2,1-2H3,(H,14,15)(H,17,18). The summed E-state index contributed by atoms with van der Waals surface area (Å²) in [7, 11) is -2.33. The highest BCUT2D eigenvalue weighted by atomic mass is 32.2. The molecule has 0 bridgehead atoms. The molecule has 0 saturated heterocycles. The number of aromatic amines is 1. The number of H-pyrrole nitrogens is 1. The molecule has 0 unspecified atom stereocenters. The molecule has 1 heterocycles. The quantitative estimate of drug-likeness (QED) is 0.824. The second kappa shape index (κ2) is 6.15. The zero-order chi connectivity index (χ0) is 15.6. The Morgan fingerprint density at radius 3 is 2.38 bits per heavy atom. The van der Waals surface area contributed by atoms with Gasteiger partial charge in [0.05, 0.1) is 5.69 Å². The predicted octanol–water partition coefficient (Wildman–Crippen LogP) is 1.76. The van der Waals surface area contributed by atoms with Gasteiger partial charge in [-0.1, -0.05) is 25.7 Å². The SMILES string of the molecule is Cc1[nH]nc(C(=O)O)c1S(=O)(=O)N(C)C1CCCCCC1. The number of hydrogen-bond donors (Lipinski definition) is 2. The molecule has 0 amide bonds. The van der Waals surface area contributed by atoms with Gasteiger partial charge < -0.3 is 5.11 Å². The average molecular weight is 315 g/mol. The van der Waals surface area contributed by atoms with Crippen molar-refractivity contribution >= 4 is 16.0 Å². The Kier molecular flexibility index (Phi) is 4.67. The fourth-order valence-electron chi connectivity index (χ4n) is 2.84. The molecule has 1 saturated carbocycles. The van der Waals surface area contributed by atoms with Crippen LogP contribution in [-0.2, 0) is 10.0 Å². The van der Waals surface area contributed by atoms with Crippen LogP contribution in [0.3, 0.4) is 0 Å². The number of aromatic nitrogens is 2. The van der Waals surface area contributed by atoms with Gasteiger partial charge in [-0.25, -0.2) is 13.2 Å². The van der Waals surface area contributed by atoms with Gasteiger partial charge in [-0.3, -0.25) is 5.10 Å². The predicted molar refractivity (Wildman–Crippen MR) is 76.7 cm³/mol. The first-order valence-corrected chi connectivity index (χ1v) is 8.56. The van der Waals surface area contributed by atoms with Crippen LogP contribution in [0.2, 0.25) is 0 Å². The molecule has 1 aromatic rings. The summed E-state index contributed by atoms with van der Waals surface area (Å²) in [5, 5.41) is 15.2. The van der Waals surface area contributed by atoms with Crippen molar-refractivity contribution in [2.24, 2.45) is 0 Å². The van der Waals surface area contributed by atoms with Crippen molar-refractivity contribution < 1.29 is 18.3 Å². The normalized spacial score (nSPS) is 17.9. The molecule has 1 aliphatic carbocycles. The molecular weight excluding hydrogens is 294 g/mol. The van der Waals surface area contributed by atoms with E-state index in [0.29, 0.717) is 0 Å². The average Bonchev–Trinajstić information content (AvgIpc) is 2.65. The highest BCUT2D eigenvalue weighted by Gasteiger charge is 2.35. The summed E-state index contributed by atoms with van der Waals surface area (Å²) >= 11 is 0. The minimum absolute atomic E-state index is 0.0755. The fraction of sp³-hybridized carbons (Fsp3) is 0.692. The van der Waals surface area contributed by atoms with Gasteiger partial charge in [0, 0.05) is 13.1 Å². The van der Waals surface area contributed by atoms with Crippen molar-refractivity contribution in [3.05, 3.63) is 11.4 Å². The summed E-state index contributed by atoms with van der Waals surface area (Å²) < 4.78 is 26.8. The van der Waals surface area contributed by atoms with E-state index in [4.69, 9.17) is 5.11 Å². The van der Waals surface area contributed by atoms with E-state index in [1.807, 2.05) is 0 Å². The molecular formula is C13H21N3O4S. The number of aromatic carboxylic acids is 1. The first-order chi connectivity index (χ1) is 9.85. The Bertz CT molecular complexity index is 615. The van der Waals surface area contributed by atoms with E-state index in [1.54, 1.807) is 0 Å². The molecule has 7 nitrogen and oxygen atoms in total. The number of carboxylic acids is 1. The van der Waals surface area contributed by atoms with Crippen LogP contribution in [0.1, 0.15) is 54.7 Å². The van der Waals surface area contributed by atoms with Gasteiger partial charge in [-0.2, -0.15) is 9.40 Å². The summed E-state index contributed by atoms with van der Waals surface area (Å²) in [6.07, 6.45) is 5.87. The minimum Gasteiger partial charge on any atom is -0.476 e. The Labute approximate surface area is 124 Å². The van der Waals surface area contributed by atoms with E-state index >= 15 is 0 Å². The lowest BCUT2D eigenvalue weighted by atomic mass is 10.1. The van der Waals surface area contributed by atoms with Gasteiger partial charge in [0.15, 0.2) is 5.69 Å². The number of nitrogens with zero attached hydrogens (tertiary/aromatic N) is 2. The highest BCUT2D eigenvalue weighted by Crippen LogP contribution is 2.28. The molecule has 0 aliphatic heterocycles. The highest BCUT2D eigenvalue weighted by molar-refractivity contribution is 7.89. The lowest BCUT2D eigenvalue weighted by molar-refractivity contribution is 0.0686. The molecule has 0 aromatic carbocycles. The summed E-state index contributed by atoms with van der Waals surface area (Å²) in [5.41, 5.74) is -0.180. The molecule has 8 heteroatoms. The van der Waals surface area contributed by atoms with Gasteiger partial charge in [0.25, 0.3) is 0 Å². The number of hydrogen-bond acceptors (Lipinski definition) is 4. The maximum Gasteiger partial charge on any atom is 0.357 e. The van der Waals surface area contributed by atoms with E-state index < -0.39 is 21.7 Å². The van der Waals surface area contributed by atoms with Gasteiger partial charge in [-0.15, -0.1) is 0 Å². The summed E-state index contributed by atoms with van der Waals surface area (Å²) in [6.45, 7) is 1.52. The molecule has 21 heavy (non-hydrogen) atoms. The molecule has 0 radical (unpaired) electrons. The Balaban J connectivity index is 2.37. The van der Waals surface area contributed by atoms with Crippen LogP contribution in [0.25, 0.3) is 0 Å². The van der Waals surface area contributed by atoms with Crippen LogP contribution in [0.5, 0.6) is 0 Å². The number of aryl methyl sites for hydroxylation is 1. The van der Waals surface area contributed by atoms with Crippen molar-refractivity contribution in [1.29, 1.82) is 0 Å². The van der Waals surface area contributed by atoms with Gasteiger partial charge in [0.2, 0.25) is 10.0 Å².